The molecule has 100 valence electrons. The number of hydrogen-bond acceptors (Lipinski definition) is 4. The van der Waals surface area contributed by atoms with Crippen molar-refractivity contribution in [1.29, 1.82) is 0 Å². The molecule has 1 rings (SSSR count). The summed E-state index contributed by atoms with van der Waals surface area (Å²) in [4.78, 5) is 17.9. The summed E-state index contributed by atoms with van der Waals surface area (Å²) >= 11 is 0. The van der Waals surface area contributed by atoms with E-state index in [0.717, 1.165) is 6.42 Å². The quantitative estimate of drug-likeness (QED) is 0.836. The van der Waals surface area contributed by atoms with Crippen molar-refractivity contribution in [3.05, 3.63) is 24.0 Å². The van der Waals surface area contributed by atoms with Gasteiger partial charge in [-0.05, 0) is 25.5 Å². The van der Waals surface area contributed by atoms with E-state index in [9.17, 15) is 9.90 Å². The summed E-state index contributed by atoms with van der Waals surface area (Å²) in [6, 6.07) is 3.13. The number of ether oxygens (including phenoxy) is 1. The highest BCUT2D eigenvalue weighted by atomic mass is 16.5. The maximum Gasteiger partial charge on any atom is 0.276 e. The first kappa shape index (κ1) is 14.4. The first-order valence-electron chi connectivity index (χ1n) is 6.05. The molecule has 1 N–H and O–H groups in total. The lowest BCUT2D eigenvalue weighted by Crippen LogP contribution is -2.40. The second-order valence-corrected chi connectivity index (χ2v) is 4.12. The Bertz CT molecular complexity index is 396. The number of aromatic nitrogens is 1. The molecule has 0 saturated heterocycles. The molecule has 1 heterocycles. The van der Waals surface area contributed by atoms with E-state index in [2.05, 4.69) is 4.98 Å². The van der Waals surface area contributed by atoms with Gasteiger partial charge in [0.05, 0.1) is 6.61 Å². The van der Waals surface area contributed by atoms with Crippen LogP contribution in [-0.4, -0.2) is 47.2 Å². The smallest absolute Gasteiger partial charge is 0.276 e. The third-order valence-corrected chi connectivity index (χ3v) is 2.91. The number of carbonyl (C=O) groups excluding carboxylic acids is 1. The lowest BCUT2D eigenvalue weighted by atomic mass is 10.2. The number of aromatic hydroxyl groups is 1. The van der Waals surface area contributed by atoms with Crippen LogP contribution in [0.25, 0.3) is 0 Å². The van der Waals surface area contributed by atoms with Crippen molar-refractivity contribution in [3.63, 3.8) is 0 Å². The predicted octanol–water partition coefficient (Wildman–Crippen LogP) is 1.67. The summed E-state index contributed by atoms with van der Waals surface area (Å²) < 4.78 is 5.01. The summed E-state index contributed by atoms with van der Waals surface area (Å²) in [5.74, 6) is -0.354. The summed E-state index contributed by atoms with van der Waals surface area (Å²) in [6.45, 7) is 4.92. The minimum Gasteiger partial charge on any atom is -0.505 e. The second-order valence-electron chi connectivity index (χ2n) is 4.12. The van der Waals surface area contributed by atoms with Gasteiger partial charge in [-0.1, -0.05) is 6.92 Å². The van der Waals surface area contributed by atoms with E-state index in [1.807, 2.05) is 13.8 Å². The number of nitrogens with zero attached hydrogens (tertiary/aromatic N) is 2. The van der Waals surface area contributed by atoms with E-state index in [0.29, 0.717) is 13.2 Å². The summed E-state index contributed by atoms with van der Waals surface area (Å²) in [5, 5.41) is 9.67. The highest BCUT2D eigenvalue weighted by Crippen LogP contribution is 2.17. The molecule has 1 amide bonds. The van der Waals surface area contributed by atoms with Crippen LogP contribution in [0, 0.1) is 0 Å². The van der Waals surface area contributed by atoms with E-state index in [1.54, 1.807) is 18.1 Å². The van der Waals surface area contributed by atoms with E-state index in [-0.39, 0.29) is 23.4 Å². The van der Waals surface area contributed by atoms with Crippen LogP contribution in [0.5, 0.6) is 5.75 Å². The Hall–Kier alpha value is -1.62. The van der Waals surface area contributed by atoms with Crippen molar-refractivity contribution in [2.45, 2.75) is 26.3 Å². The number of pyridine rings is 1. The average Bonchev–Trinajstić information content (AvgIpc) is 2.39. The van der Waals surface area contributed by atoms with Crippen LogP contribution in [0.4, 0.5) is 0 Å². The van der Waals surface area contributed by atoms with Crippen LogP contribution in [0.15, 0.2) is 18.3 Å². The molecule has 0 saturated carbocycles. The molecule has 0 fully saturated rings. The summed E-state index contributed by atoms with van der Waals surface area (Å²) in [5.41, 5.74) is 0.0916. The zero-order valence-corrected chi connectivity index (χ0v) is 11.1. The molecule has 5 nitrogen and oxygen atoms in total. The number of methoxy groups -OCH3 is 1. The molecule has 0 aliphatic rings. The monoisotopic (exact) mass is 252 g/mol. The Morgan fingerprint density at radius 3 is 2.89 bits per heavy atom. The van der Waals surface area contributed by atoms with Gasteiger partial charge in [0.2, 0.25) is 0 Å². The Kier molecular flexibility index (Phi) is 5.58. The van der Waals surface area contributed by atoms with Crippen molar-refractivity contribution in [2.24, 2.45) is 0 Å². The van der Waals surface area contributed by atoms with Gasteiger partial charge in [-0.25, -0.2) is 4.98 Å². The van der Waals surface area contributed by atoms with Crippen LogP contribution < -0.4 is 0 Å². The lowest BCUT2D eigenvalue weighted by Gasteiger charge is -2.28. The first-order chi connectivity index (χ1) is 8.61. The average molecular weight is 252 g/mol. The highest BCUT2D eigenvalue weighted by molar-refractivity contribution is 5.94. The Morgan fingerprint density at radius 2 is 2.33 bits per heavy atom. The fraction of sp³-hybridized carbons (Fsp3) is 0.538. The highest BCUT2D eigenvalue weighted by Gasteiger charge is 2.23. The molecule has 1 aromatic rings. The molecule has 18 heavy (non-hydrogen) atoms. The molecule has 0 radical (unpaired) electrons. The number of carbonyl (C=O) groups is 1. The molecule has 0 spiro atoms. The fourth-order valence-electron chi connectivity index (χ4n) is 1.63. The predicted molar refractivity (Wildman–Crippen MR) is 68.6 cm³/mol. The van der Waals surface area contributed by atoms with E-state index >= 15 is 0 Å². The van der Waals surface area contributed by atoms with Gasteiger partial charge in [-0.3, -0.25) is 4.79 Å². The molecule has 1 unspecified atom stereocenters. The molecule has 5 heteroatoms. The molecule has 0 bridgehead atoms. The first-order valence-corrected chi connectivity index (χ1v) is 6.05. The zero-order chi connectivity index (χ0) is 13.5. The maximum absolute atomic E-state index is 12.3. The molecule has 0 aromatic carbocycles. The molecule has 1 atom stereocenters. The van der Waals surface area contributed by atoms with E-state index in [1.165, 1.54) is 12.3 Å². The van der Waals surface area contributed by atoms with Crippen LogP contribution in [0.3, 0.4) is 0 Å². The van der Waals surface area contributed by atoms with Crippen molar-refractivity contribution in [1.82, 2.24) is 9.88 Å². The Balaban J connectivity index is 2.91. The van der Waals surface area contributed by atoms with Crippen LogP contribution in [0.2, 0.25) is 0 Å². The van der Waals surface area contributed by atoms with Gasteiger partial charge >= 0.3 is 0 Å². The van der Waals surface area contributed by atoms with E-state index < -0.39 is 0 Å². The van der Waals surface area contributed by atoms with Gasteiger partial charge in [0.25, 0.3) is 5.91 Å². The second kappa shape index (κ2) is 6.96. The van der Waals surface area contributed by atoms with Crippen molar-refractivity contribution < 1.29 is 14.6 Å². The SMILES string of the molecule is CCC(C)N(CCOC)C(=O)c1ncccc1O. The fourth-order valence-corrected chi connectivity index (χ4v) is 1.63. The van der Waals surface area contributed by atoms with Crippen LogP contribution in [-0.2, 0) is 4.74 Å². The Morgan fingerprint density at radius 1 is 1.61 bits per heavy atom. The minimum absolute atomic E-state index is 0.0778. The Labute approximate surface area is 107 Å². The number of amides is 1. The normalized spacial score (nSPS) is 12.2. The van der Waals surface area contributed by atoms with Crippen LogP contribution in [0.1, 0.15) is 30.8 Å². The summed E-state index contributed by atoms with van der Waals surface area (Å²) in [7, 11) is 1.59. The molecule has 0 aliphatic heterocycles. The van der Waals surface area contributed by atoms with Crippen molar-refractivity contribution in [3.8, 4) is 5.75 Å². The van der Waals surface area contributed by atoms with Crippen molar-refractivity contribution >= 4 is 5.91 Å². The minimum atomic E-state index is -0.264. The molecule has 0 aliphatic carbocycles. The van der Waals surface area contributed by atoms with Gasteiger partial charge < -0.3 is 14.7 Å². The van der Waals surface area contributed by atoms with Crippen LogP contribution >= 0.6 is 0 Å². The van der Waals surface area contributed by atoms with Gasteiger partial charge in [0, 0.05) is 25.9 Å². The van der Waals surface area contributed by atoms with Gasteiger partial charge in [0.15, 0.2) is 5.69 Å². The summed E-state index contributed by atoms with van der Waals surface area (Å²) in [6.07, 6.45) is 2.33. The standard InChI is InChI=1S/C13H20N2O3/c1-4-10(2)15(8-9-18-3)13(17)12-11(16)6-5-7-14-12/h5-7,10,16H,4,8-9H2,1-3H3. The van der Waals surface area contributed by atoms with Gasteiger partial charge in [0.1, 0.15) is 5.75 Å². The van der Waals surface area contributed by atoms with Crippen molar-refractivity contribution in [2.75, 3.05) is 20.3 Å². The van der Waals surface area contributed by atoms with Gasteiger partial charge in [-0.15, -0.1) is 0 Å². The maximum atomic E-state index is 12.3. The van der Waals surface area contributed by atoms with Gasteiger partial charge in [-0.2, -0.15) is 0 Å². The number of rotatable bonds is 6. The molecular formula is C13H20N2O3. The van der Waals surface area contributed by atoms with E-state index in [4.69, 9.17) is 4.74 Å². The third kappa shape index (κ3) is 3.43. The molecule has 1 aromatic heterocycles. The topological polar surface area (TPSA) is 62.7 Å². The third-order valence-electron chi connectivity index (χ3n) is 2.91. The lowest BCUT2D eigenvalue weighted by molar-refractivity contribution is 0.0605. The zero-order valence-electron chi connectivity index (χ0n) is 11.1. The number of hydrogen-bond donors (Lipinski definition) is 1. The molecular weight excluding hydrogens is 232 g/mol. The largest absolute Gasteiger partial charge is 0.505 e.